The van der Waals surface area contributed by atoms with Crippen molar-refractivity contribution < 1.29 is 9.53 Å². The predicted molar refractivity (Wildman–Crippen MR) is 81.6 cm³/mol. The highest BCUT2D eigenvalue weighted by atomic mass is 16.5. The minimum Gasteiger partial charge on any atom is -0.496 e. The number of methoxy groups -OCH3 is 1. The van der Waals surface area contributed by atoms with Crippen LogP contribution in [0.4, 0.5) is 0 Å². The maximum Gasteiger partial charge on any atom is 0.227 e. The van der Waals surface area contributed by atoms with Gasteiger partial charge in [0.05, 0.1) is 18.6 Å². The number of carbonyl (C=O) groups is 1. The lowest BCUT2D eigenvalue weighted by molar-refractivity contribution is -0.131. The first-order valence-electron chi connectivity index (χ1n) is 7.18. The van der Waals surface area contributed by atoms with Crippen molar-refractivity contribution in [2.24, 2.45) is 11.1 Å². The lowest BCUT2D eigenvalue weighted by Gasteiger charge is -2.30. The summed E-state index contributed by atoms with van der Waals surface area (Å²) in [7, 11) is 1.63. The van der Waals surface area contributed by atoms with Crippen LogP contribution >= 0.6 is 0 Å². The SMILES string of the molecule is CCC(CC)(CN)C(=O)NC(C)c1ccccc1OC. The molecule has 20 heavy (non-hydrogen) atoms. The van der Waals surface area contributed by atoms with Crippen molar-refractivity contribution in [2.75, 3.05) is 13.7 Å². The van der Waals surface area contributed by atoms with E-state index in [1.54, 1.807) is 7.11 Å². The second-order valence-electron chi connectivity index (χ2n) is 5.13. The maximum absolute atomic E-state index is 12.5. The molecule has 1 amide bonds. The number of para-hydroxylation sites is 1. The number of ether oxygens (including phenoxy) is 1. The lowest BCUT2D eigenvalue weighted by Crippen LogP contribution is -2.46. The Morgan fingerprint density at radius 1 is 1.35 bits per heavy atom. The minimum absolute atomic E-state index is 0.0170. The lowest BCUT2D eigenvalue weighted by atomic mass is 9.81. The first-order valence-corrected chi connectivity index (χ1v) is 7.18. The van der Waals surface area contributed by atoms with Gasteiger partial charge in [0.15, 0.2) is 0 Å². The molecule has 0 fully saturated rings. The molecule has 4 nitrogen and oxygen atoms in total. The Kier molecular flexibility index (Phi) is 6.02. The smallest absolute Gasteiger partial charge is 0.227 e. The zero-order valence-corrected chi connectivity index (χ0v) is 12.9. The van der Waals surface area contributed by atoms with E-state index in [1.807, 2.05) is 45.0 Å². The molecule has 3 N–H and O–H groups in total. The molecule has 1 atom stereocenters. The number of nitrogens with two attached hydrogens (primary N) is 1. The van der Waals surface area contributed by atoms with Crippen LogP contribution < -0.4 is 15.8 Å². The fourth-order valence-corrected chi connectivity index (χ4v) is 2.40. The highest BCUT2D eigenvalue weighted by Crippen LogP contribution is 2.29. The van der Waals surface area contributed by atoms with Crippen LogP contribution in [0, 0.1) is 5.41 Å². The van der Waals surface area contributed by atoms with E-state index in [0.29, 0.717) is 6.54 Å². The highest BCUT2D eigenvalue weighted by molar-refractivity contribution is 5.83. The molecule has 0 heterocycles. The van der Waals surface area contributed by atoms with E-state index in [1.165, 1.54) is 0 Å². The molecule has 0 bridgehead atoms. The molecule has 1 aromatic rings. The van der Waals surface area contributed by atoms with Crippen molar-refractivity contribution in [3.05, 3.63) is 29.8 Å². The average molecular weight is 278 g/mol. The van der Waals surface area contributed by atoms with E-state index >= 15 is 0 Å². The van der Waals surface area contributed by atoms with Gasteiger partial charge in [0, 0.05) is 12.1 Å². The number of benzene rings is 1. The molecule has 0 aliphatic carbocycles. The van der Waals surface area contributed by atoms with Crippen LogP contribution in [0.1, 0.15) is 45.2 Å². The number of nitrogens with one attached hydrogen (secondary N) is 1. The maximum atomic E-state index is 12.5. The molecule has 0 aromatic heterocycles. The standard InChI is InChI=1S/C16H26N2O2/c1-5-16(6-2,11-17)15(19)18-12(3)13-9-7-8-10-14(13)20-4/h7-10,12H,5-6,11,17H2,1-4H3,(H,18,19). The molecule has 0 spiro atoms. The molecule has 0 aliphatic rings. The van der Waals surface area contributed by atoms with Crippen LogP contribution in [0.2, 0.25) is 0 Å². The Morgan fingerprint density at radius 2 is 1.95 bits per heavy atom. The summed E-state index contributed by atoms with van der Waals surface area (Å²) >= 11 is 0. The van der Waals surface area contributed by atoms with Crippen molar-refractivity contribution in [1.29, 1.82) is 0 Å². The number of hydrogen-bond acceptors (Lipinski definition) is 3. The third-order valence-corrected chi connectivity index (χ3v) is 4.18. The molecule has 1 unspecified atom stereocenters. The second-order valence-corrected chi connectivity index (χ2v) is 5.13. The van der Waals surface area contributed by atoms with Crippen molar-refractivity contribution in [3.63, 3.8) is 0 Å². The van der Waals surface area contributed by atoms with Crippen molar-refractivity contribution in [3.8, 4) is 5.75 Å². The van der Waals surface area contributed by atoms with E-state index in [2.05, 4.69) is 5.32 Å². The Bertz CT molecular complexity index is 434. The van der Waals surface area contributed by atoms with Gasteiger partial charge in [-0.25, -0.2) is 0 Å². The van der Waals surface area contributed by atoms with Crippen molar-refractivity contribution >= 4 is 5.91 Å². The van der Waals surface area contributed by atoms with Crippen molar-refractivity contribution in [2.45, 2.75) is 39.7 Å². The van der Waals surface area contributed by atoms with Gasteiger partial charge in [-0.15, -0.1) is 0 Å². The summed E-state index contributed by atoms with van der Waals surface area (Å²) in [5.41, 5.74) is 6.31. The van der Waals surface area contributed by atoms with Crippen LogP contribution in [0.25, 0.3) is 0 Å². The Hall–Kier alpha value is -1.55. The average Bonchev–Trinajstić information content (AvgIpc) is 2.49. The molecule has 0 saturated carbocycles. The van der Waals surface area contributed by atoms with Crippen LogP contribution in [0.5, 0.6) is 5.75 Å². The molecule has 0 aliphatic heterocycles. The molecule has 0 radical (unpaired) electrons. The summed E-state index contributed by atoms with van der Waals surface area (Å²) in [5, 5.41) is 3.07. The fraction of sp³-hybridized carbons (Fsp3) is 0.562. The Balaban J connectivity index is 2.89. The van der Waals surface area contributed by atoms with E-state index in [4.69, 9.17) is 10.5 Å². The third-order valence-electron chi connectivity index (χ3n) is 4.18. The van der Waals surface area contributed by atoms with Crippen LogP contribution in [0.3, 0.4) is 0 Å². The number of rotatable bonds is 7. The highest BCUT2D eigenvalue weighted by Gasteiger charge is 2.34. The summed E-state index contributed by atoms with van der Waals surface area (Å²) in [6.45, 7) is 6.33. The number of amides is 1. The summed E-state index contributed by atoms with van der Waals surface area (Å²) in [5.74, 6) is 0.801. The monoisotopic (exact) mass is 278 g/mol. The quantitative estimate of drug-likeness (QED) is 0.806. The van der Waals surface area contributed by atoms with Gasteiger partial charge in [-0.3, -0.25) is 4.79 Å². The summed E-state index contributed by atoms with van der Waals surface area (Å²) in [6.07, 6.45) is 1.48. The number of carbonyl (C=O) groups excluding carboxylic acids is 1. The summed E-state index contributed by atoms with van der Waals surface area (Å²) < 4.78 is 5.34. The summed E-state index contributed by atoms with van der Waals surface area (Å²) in [6, 6.07) is 7.61. The zero-order valence-electron chi connectivity index (χ0n) is 12.9. The minimum atomic E-state index is -0.476. The third kappa shape index (κ3) is 3.31. The van der Waals surface area contributed by atoms with Gasteiger partial charge in [0.2, 0.25) is 5.91 Å². The summed E-state index contributed by atoms with van der Waals surface area (Å²) in [4.78, 5) is 12.5. The largest absolute Gasteiger partial charge is 0.496 e. The van der Waals surface area contributed by atoms with Gasteiger partial charge in [-0.1, -0.05) is 32.0 Å². The van der Waals surface area contributed by atoms with Crippen LogP contribution in [-0.2, 0) is 4.79 Å². The fourth-order valence-electron chi connectivity index (χ4n) is 2.40. The van der Waals surface area contributed by atoms with E-state index in [9.17, 15) is 4.79 Å². The van der Waals surface area contributed by atoms with Crippen LogP contribution in [0.15, 0.2) is 24.3 Å². The van der Waals surface area contributed by atoms with E-state index < -0.39 is 5.41 Å². The predicted octanol–water partition coefficient (Wildman–Crippen LogP) is 2.64. The Labute approximate surface area is 121 Å². The van der Waals surface area contributed by atoms with E-state index in [0.717, 1.165) is 24.2 Å². The molecule has 112 valence electrons. The number of hydrogen-bond donors (Lipinski definition) is 2. The Morgan fingerprint density at radius 3 is 2.45 bits per heavy atom. The molecule has 1 aromatic carbocycles. The molecule has 4 heteroatoms. The molecule has 1 rings (SSSR count). The zero-order chi connectivity index (χ0) is 15.2. The second kappa shape index (κ2) is 7.29. The van der Waals surface area contributed by atoms with Crippen molar-refractivity contribution in [1.82, 2.24) is 5.32 Å². The van der Waals surface area contributed by atoms with Gasteiger partial charge in [0.25, 0.3) is 0 Å². The normalized spacial score (nSPS) is 12.8. The molecule has 0 saturated heterocycles. The van der Waals surface area contributed by atoms with Gasteiger partial charge in [-0.05, 0) is 25.8 Å². The van der Waals surface area contributed by atoms with E-state index in [-0.39, 0.29) is 11.9 Å². The van der Waals surface area contributed by atoms with Gasteiger partial charge < -0.3 is 15.8 Å². The topological polar surface area (TPSA) is 64.4 Å². The van der Waals surface area contributed by atoms with Crippen LogP contribution in [-0.4, -0.2) is 19.6 Å². The van der Waals surface area contributed by atoms with Gasteiger partial charge >= 0.3 is 0 Å². The first-order chi connectivity index (χ1) is 9.54. The molecular weight excluding hydrogens is 252 g/mol. The van der Waals surface area contributed by atoms with Gasteiger partial charge in [0.1, 0.15) is 5.75 Å². The molecular formula is C16H26N2O2. The van der Waals surface area contributed by atoms with Gasteiger partial charge in [-0.2, -0.15) is 0 Å². The first kappa shape index (κ1) is 16.5.